The SMILES string of the molecule is CCC(CC)(CO)CCCCOCCCCC(CC)(CC)CO. The van der Waals surface area contributed by atoms with Crippen molar-refractivity contribution < 1.29 is 14.9 Å². The summed E-state index contributed by atoms with van der Waals surface area (Å²) in [6, 6.07) is 0. The van der Waals surface area contributed by atoms with Gasteiger partial charge in [-0.25, -0.2) is 0 Å². The van der Waals surface area contributed by atoms with Crippen LogP contribution in [0.1, 0.15) is 91.9 Å². The van der Waals surface area contributed by atoms with E-state index in [1.165, 1.54) is 0 Å². The Morgan fingerprint density at radius 3 is 1.22 bits per heavy atom. The Hall–Kier alpha value is -0.120. The molecule has 3 nitrogen and oxygen atoms in total. The lowest BCUT2D eigenvalue weighted by Crippen LogP contribution is -2.23. The fraction of sp³-hybridized carbons (Fsp3) is 1.00. The molecule has 0 unspecified atom stereocenters. The molecule has 0 spiro atoms. The quantitative estimate of drug-likeness (QED) is 0.394. The second-order valence-electron chi connectivity index (χ2n) is 7.26. The van der Waals surface area contributed by atoms with Crippen LogP contribution in [0.3, 0.4) is 0 Å². The van der Waals surface area contributed by atoms with Crippen LogP contribution in [0, 0.1) is 10.8 Å². The fourth-order valence-electron chi connectivity index (χ4n) is 3.32. The summed E-state index contributed by atoms with van der Waals surface area (Å²) >= 11 is 0. The van der Waals surface area contributed by atoms with Crippen LogP contribution in [0.2, 0.25) is 0 Å². The normalized spacial score (nSPS) is 12.8. The van der Waals surface area contributed by atoms with Crippen LogP contribution in [0.25, 0.3) is 0 Å². The molecule has 0 aromatic heterocycles. The molecule has 140 valence electrons. The van der Waals surface area contributed by atoms with Gasteiger partial charge >= 0.3 is 0 Å². The smallest absolute Gasteiger partial charge is 0.0487 e. The maximum Gasteiger partial charge on any atom is 0.0487 e. The molecule has 0 bridgehead atoms. The summed E-state index contributed by atoms with van der Waals surface area (Å²) in [4.78, 5) is 0. The summed E-state index contributed by atoms with van der Waals surface area (Å²) in [5, 5.41) is 19.1. The highest BCUT2D eigenvalue weighted by atomic mass is 16.5. The number of aliphatic hydroxyl groups excluding tert-OH is 2. The Balaban J connectivity index is 3.64. The largest absolute Gasteiger partial charge is 0.396 e. The van der Waals surface area contributed by atoms with Crippen molar-refractivity contribution in [2.75, 3.05) is 26.4 Å². The van der Waals surface area contributed by atoms with Gasteiger partial charge in [0.2, 0.25) is 0 Å². The third-order valence-electron chi connectivity index (χ3n) is 6.16. The van der Waals surface area contributed by atoms with E-state index in [0.717, 1.165) is 77.4 Å². The highest BCUT2D eigenvalue weighted by molar-refractivity contribution is 4.76. The summed E-state index contributed by atoms with van der Waals surface area (Å²) in [5.41, 5.74) is 0.266. The first kappa shape index (κ1) is 22.9. The van der Waals surface area contributed by atoms with E-state index >= 15 is 0 Å². The Morgan fingerprint density at radius 1 is 0.609 bits per heavy atom. The lowest BCUT2D eigenvalue weighted by Gasteiger charge is -2.29. The van der Waals surface area contributed by atoms with Gasteiger partial charge in [-0.05, 0) is 62.2 Å². The average molecular weight is 331 g/mol. The topological polar surface area (TPSA) is 49.7 Å². The van der Waals surface area contributed by atoms with Crippen LogP contribution >= 0.6 is 0 Å². The molecule has 0 aromatic rings. The third kappa shape index (κ3) is 8.51. The predicted molar refractivity (Wildman–Crippen MR) is 98.7 cm³/mol. The Bertz CT molecular complexity index is 215. The minimum absolute atomic E-state index is 0.133. The van der Waals surface area contributed by atoms with E-state index in [1.54, 1.807) is 0 Å². The molecule has 2 N–H and O–H groups in total. The van der Waals surface area contributed by atoms with Crippen LogP contribution in [0.4, 0.5) is 0 Å². The minimum atomic E-state index is 0.133. The maximum atomic E-state index is 9.55. The monoisotopic (exact) mass is 330 g/mol. The second-order valence-corrected chi connectivity index (χ2v) is 7.26. The molecular formula is C20H42O3. The van der Waals surface area contributed by atoms with Gasteiger partial charge in [0.1, 0.15) is 0 Å². The second kappa shape index (κ2) is 13.2. The highest BCUT2D eigenvalue weighted by Crippen LogP contribution is 2.32. The zero-order chi connectivity index (χ0) is 17.6. The highest BCUT2D eigenvalue weighted by Gasteiger charge is 2.25. The molecule has 0 saturated carbocycles. The van der Waals surface area contributed by atoms with E-state index in [9.17, 15) is 10.2 Å². The van der Waals surface area contributed by atoms with Crippen LogP contribution < -0.4 is 0 Å². The van der Waals surface area contributed by atoms with Crippen LogP contribution in [0.5, 0.6) is 0 Å². The molecular weight excluding hydrogens is 288 g/mol. The Labute approximate surface area is 144 Å². The minimum Gasteiger partial charge on any atom is -0.396 e. The number of rotatable bonds is 16. The molecule has 0 heterocycles. The molecule has 0 saturated heterocycles. The van der Waals surface area contributed by atoms with Crippen molar-refractivity contribution >= 4 is 0 Å². The molecule has 0 amide bonds. The first-order chi connectivity index (χ1) is 11.1. The van der Waals surface area contributed by atoms with Gasteiger partial charge in [-0.3, -0.25) is 0 Å². The van der Waals surface area contributed by atoms with E-state index in [-0.39, 0.29) is 10.8 Å². The van der Waals surface area contributed by atoms with Crippen molar-refractivity contribution in [1.82, 2.24) is 0 Å². The van der Waals surface area contributed by atoms with Crippen molar-refractivity contribution in [2.45, 2.75) is 91.9 Å². The fourth-order valence-corrected chi connectivity index (χ4v) is 3.32. The van der Waals surface area contributed by atoms with Crippen molar-refractivity contribution in [3.8, 4) is 0 Å². The van der Waals surface area contributed by atoms with E-state index < -0.39 is 0 Å². The molecule has 0 aliphatic heterocycles. The molecule has 3 heteroatoms. The van der Waals surface area contributed by atoms with Gasteiger partial charge in [-0.15, -0.1) is 0 Å². The lowest BCUT2D eigenvalue weighted by molar-refractivity contribution is 0.0840. The van der Waals surface area contributed by atoms with Gasteiger partial charge in [0.25, 0.3) is 0 Å². The lowest BCUT2D eigenvalue weighted by atomic mass is 9.79. The van der Waals surface area contributed by atoms with E-state index in [1.807, 2.05) is 0 Å². The molecule has 23 heavy (non-hydrogen) atoms. The van der Waals surface area contributed by atoms with Gasteiger partial charge in [-0.2, -0.15) is 0 Å². The first-order valence-corrected chi connectivity index (χ1v) is 9.87. The van der Waals surface area contributed by atoms with Crippen molar-refractivity contribution in [2.24, 2.45) is 10.8 Å². The molecule has 0 radical (unpaired) electrons. The number of ether oxygens (including phenoxy) is 1. The van der Waals surface area contributed by atoms with Gasteiger partial charge in [0, 0.05) is 26.4 Å². The van der Waals surface area contributed by atoms with Crippen molar-refractivity contribution in [3.63, 3.8) is 0 Å². The summed E-state index contributed by atoms with van der Waals surface area (Å²) in [5.74, 6) is 0. The number of hydrogen-bond donors (Lipinski definition) is 2. The zero-order valence-electron chi connectivity index (χ0n) is 16.2. The van der Waals surface area contributed by atoms with Crippen LogP contribution in [-0.4, -0.2) is 36.6 Å². The molecule has 0 aromatic carbocycles. The van der Waals surface area contributed by atoms with Crippen molar-refractivity contribution in [3.05, 3.63) is 0 Å². The van der Waals surface area contributed by atoms with E-state index in [0.29, 0.717) is 13.2 Å². The summed E-state index contributed by atoms with van der Waals surface area (Å²) in [6.07, 6.45) is 10.9. The average Bonchev–Trinajstić information content (AvgIpc) is 2.61. The Kier molecular flexibility index (Phi) is 13.1. The standard InChI is InChI=1S/C20H42O3/c1-5-19(6-2,17-21)13-9-11-15-23-16-12-10-14-20(7-3,8-4)18-22/h21-22H,5-18H2,1-4H3. The van der Waals surface area contributed by atoms with Crippen LogP contribution in [-0.2, 0) is 4.74 Å². The molecule has 0 atom stereocenters. The Morgan fingerprint density at radius 2 is 0.957 bits per heavy atom. The number of hydrogen-bond acceptors (Lipinski definition) is 3. The van der Waals surface area contributed by atoms with E-state index in [4.69, 9.17) is 4.74 Å². The van der Waals surface area contributed by atoms with Gasteiger partial charge in [0.15, 0.2) is 0 Å². The number of unbranched alkanes of at least 4 members (excludes halogenated alkanes) is 2. The first-order valence-electron chi connectivity index (χ1n) is 9.87. The molecule has 0 aliphatic carbocycles. The number of aliphatic hydroxyl groups is 2. The summed E-state index contributed by atoms with van der Waals surface area (Å²) in [7, 11) is 0. The van der Waals surface area contributed by atoms with Crippen molar-refractivity contribution in [1.29, 1.82) is 0 Å². The summed E-state index contributed by atoms with van der Waals surface area (Å²) in [6.45, 7) is 11.0. The molecule has 0 fully saturated rings. The predicted octanol–water partition coefficient (Wildman–Crippen LogP) is 4.94. The third-order valence-corrected chi connectivity index (χ3v) is 6.16. The maximum absolute atomic E-state index is 9.55. The molecule has 0 rings (SSSR count). The van der Waals surface area contributed by atoms with Gasteiger partial charge < -0.3 is 14.9 Å². The molecule has 0 aliphatic rings. The zero-order valence-corrected chi connectivity index (χ0v) is 16.2. The van der Waals surface area contributed by atoms with Crippen LogP contribution in [0.15, 0.2) is 0 Å². The van der Waals surface area contributed by atoms with Gasteiger partial charge in [-0.1, -0.05) is 40.5 Å². The van der Waals surface area contributed by atoms with Gasteiger partial charge in [0.05, 0.1) is 0 Å². The summed E-state index contributed by atoms with van der Waals surface area (Å²) < 4.78 is 5.74. The van der Waals surface area contributed by atoms with E-state index in [2.05, 4.69) is 27.7 Å².